The number of hydrogen-bond donors (Lipinski definition) is 3. The molecular formula is C21H28N3O2+. The fourth-order valence-electron chi connectivity index (χ4n) is 2.74. The molecule has 0 aliphatic rings. The molecule has 0 spiro atoms. The number of carbonyl (C=O) groups is 2. The van der Waals surface area contributed by atoms with Crippen LogP contribution in [0.5, 0.6) is 0 Å². The van der Waals surface area contributed by atoms with Gasteiger partial charge in [0, 0.05) is 5.56 Å². The van der Waals surface area contributed by atoms with Gasteiger partial charge in [0.25, 0.3) is 5.91 Å². The minimum Gasteiger partial charge on any atom is -0.343 e. The summed E-state index contributed by atoms with van der Waals surface area (Å²) in [4.78, 5) is 25.8. The smallest absolute Gasteiger partial charge is 0.251 e. The summed E-state index contributed by atoms with van der Waals surface area (Å²) in [7, 11) is 4.09. The Morgan fingerprint density at radius 3 is 2.31 bits per heavy atom. The van der Waals surface area contributed by atoms with E-state index in [1.807, 2.05) is 70.4 Å². The van der Waals surface area contributed by atoms with Gasteiger partial charge in [-0.1, -0.05) is 36.4 Å². The van der Waals surface area contributed by atoms with Gasteiger partial charge in [0.1, 0.15) is 12.6 Å². The molecule has 0 unspecified atom stereocenters. The van der Waals surface area contributed by atoms with Gasteiger partial charge in [-0.25, -0.2) is 0 Å². The van der Waals surface area contributed by atoms with Gasteiger partial charge in [-0.3, -0.25) is 9.59 Å². The third kappa shape index (κ3) is 5.70. The lowest BCUT2D eigenvalue weighted by Gasteiger charge is -2.21. The molecule has 0 aliphatic heterocycles. The van der Waals surface area contributed by atoms with Crippen LogP contribution in [0.3, 0.4) is 0 Å². The van der Waals surface area contributed by atoms with Crippen molar-refractivity contribution in [3.63, 3.8) is 0 Å². The van der Waals surface area contributed by atoms with Crippen LogP contribution in [-0.2, 0) is 4.79 Å². The van der Waals surface area contributed by atoms with Crippen molar-refractivity contribution in [2.45, 2.75) is 19.9 Å². The number of likely N-dealkylation sites (N-methyl/N-ethyl adjacent to an activating group) is 1. The van der Waals surface area contributed by atoms with E-state index in [0.717, 1.165) is 23.2 Å². The summed E-state index contributed by atoms with van der Waals surface area (Å²) in [6.07, 6.45) is 0. The van der Waals surface area contributed by atoms with Gasteiger partial charge in [-0.05, 0) is 42.7 Å². The number of rotatable bonds is 7. The highest BCUT2D eigenvalue weighted by atomic mass is 16.2. The summed E-state index contributed by atoms with van der Waals surface area (Å²) in [6.45, 7) is 4.69. The average Bonchev–Trinajstić information content (AvgIpc) is 2.62. The third-order valence-corrected chi connectivity index (χ3v) is 4.33. The maximum Gasteiger partial charge on any atom is 0.251 e. The molecule has 5 heteroatoms. The third-order valence-electron chi connectivity index (χ3n) is 4.33. The fourth-order valence-corrected chi connectivity index (χ4v) is 2.74. The number of nitrogens with one attached hydrogen (secondary N) is 3. The zero-order valence-corrected chi connectivity index (χ0v) is 15.9. The molecule has 0 saturated heterocycles. The Kier molecular flexibility index (Phi) is 6.92. The summed E-state index contributed by atoms with van der Waals surface area (Å²) < 4.78 is 0. The van der Waals surface area contributed by atoms with Gasteiger partial charge in [0.15, 0.2) is 0 Å². The SMILES string of the molecule is Cc1ccc(C(=O)NCC(=O)N[C@H](C[NH+](C)C)c2ccccc2)cc1C. The van der Waals surface area contributed by atoms with E-state index in [0.29, 0.717) is 5.56 Å². The highest BCUT2D eigenvalue weighted by Crippen LogP contribution is 2.11. The Morgan fingerprint density at radius 1 is 1.00 bits per heavy atom. The molecule has 0 radical (unpaired) electrons. The Balaban J connectivity index is 1.95. The first-order valence-electron chi connectivity index (χ1n) is 8.85. The molecule has 2 amide bonds. The summed E-state index contributed by atoms with van der Waals surface area (Å²) in [5.41, 5.74) is 3.82. The first kappa shape index (κ1) is 19.7. The van der Waals surface area contributed by atoms with Gasteiger partial charge in [-0.2, -0.15) is 0 Å². The average molecular weight is 354 g/mol. The number of benzene rings is 2. The number of quaternary nitrogens is 1. The van der Waals surface area contributed by atoms with E-state index in [9.17, 15) is 9.59 Å². The van der Waals surface area contributed by atoms with Crippen LogP contribution in [-0.4, -0.2) is 39.0 Å². The van der Waals surface area contributed by atoms with Crippen LogP contribution < -0.4 is 15.5 Å². The van der Waals surface area contributed by atoms with Crippen molar-refractivity contribution in [3.8, 4) is 0 Å². The van der Waals surface area contributed by atoms with E-state index >= 15 is 0 Å². The van der Waals surface area contributed by atoms with Crippen molar-refractivity contribution in [2.24, 2.45) is 0 Å². The molecule has 2 aromatic rings. The molecular weight excluding hydrogens is 326 g/mol. The first-order valence-corrected chi connectivity index (χ1v) is 8.85. The largest absolute Gasteiger partial charge is 0.343 e. The fraction of sp³-hybridized carbons (Fsp3) is 0.333. The van der Waals surface area contributed by atoms with E-state index in [2.05, 4.69) is 10.6 Å². The maximum atomic E-state index is 12.3. The Bertz CT molecular complexity index is 757. The van der Waals surface area contributed by atoms with Gasteiger partial charge in [-0.15, -0.1) is 0 Å². The molecule has 5 nitrogen and oxygen atoms in total. The molecule has 1 atom stereocenters. The van der Waals surface area contributed by atoms with Crippen LogP contribution in [0.2, 0.25) is 0 Å². The minimum absolute atomic E-state index is 0.0438. The highest BCUT2D eigenvalue weighted by molar-refractivity contribution is 5.96. The quantitative estimate of drug-likeness (QED) is 0.696. The van der Waals surface area contributed by atoms with E-state index in [4.69, 9.17) is 0 Å². The van der Waals surface area contributed by atoms with Crippen molar-refractivity contribution >= 4 is 11.8 Å². The summed E-state index contributed by atoms with van der Waals surface area (Å²) in [6, 6.07) is 15.3. The molecule has 0 saturated carbocycles. The predicted molar refractivity (Wildman–Crippen MR) is 103 cm³/mol. The molecule has 3 N–H and O–H groups in total. The molecule has 26 heavy (non-hydrogen) atoms. The summed E-state index contributed by atoms with van der Waals surface area (Å²) in [5, 5.41) is 5.72. The molecule has 0 aromatic heterocycles. The second kappa shape index (κ2) is 9.15. The number of amides is 2. The van der Waals surface area contributed by atoms with Crippen molar-refractivity contribution in [3.05, 3.63) is 70.8 Å². The Morgan fingerprint density at radius 2 is 1.69 bits per heavy atom. The van der Waals surface area contributed by atoms with Gasteiger partial charge in [0.05, 0.1) is 20.6 Å². The minimum atomic E-state index is -0.238. The van der Waals surface area contributed by atoms with Crippen LogP contribution in [0.15, 0.2) is 48.5 Å². The maximum absolute atomic E-state index is 12.3. The van der Waals surface area contributed by atoms with Crippen LogP contribution in [0.25, 0.3) is 0 Å². The molecule has 0 fully saturated rings. The lowest BCUT2D eigenvalue weighted by molar-refractivity contribution is -0.860. The van der Waals surface area contributed by atoms with Crippen molar-refractivity contribution in [1.82, 2.24) is 10.6 Å². The summed E-state index contributed by atoms with van der Waals surface area (Å²) in [5.74, 6) is -0.435. The van der Waals surface area contributed by atoms with Gasteiger partial charge < -0.3 is 15.5 Å². The van der Waals surface area contributed by atoms with E-state index in [1.54, 1.807) is 6.07 Å². The van der Waals surface area contributed by atoms with E-state index < -0.39 is 0 Å². The first-order chi connectivity index (χ1) is 12.4. The van der Waals surface area contributed by atoms with E-state index in [1.165, 1.54) is 4.90 Å². The van der Waals surface area contributed by atoms with Crippen molar-refractivity contribution < 1.29 is 14.5 Å². The lowest BCUT2D eigenvalue weighted by atomic mass is 10.1. The second-order valence-electron chi connectivity index (χ2n) is 6.92. The molecule has 2 rings (SSSR count). The monoisotopic (exact) mass is 354 g/mol. The van der Waals surface area contributed by atoms with Gasteiger partial charge >= 0.3 is 0 Å². The van der Waals surface area contributed by atoms with Crippen molar-refractivity contribution in [2.75, 3.05) is 27.2 Å². The molecule has 0 aliphatic carbocycles. The van der Waals surface area contributed by atoms with Gasteiger partial charge in [0.2, 0.25) is 5.91 Å². The van der Waals surface area contributed by atoms with Crippen LogP contribution in [0.1, 0.15) is 33.1 Å². The molecule has 0 heterocycles. The second-order valence-corrected chi connectivity index (χ2v) is 6.92. The van der Waals surface area contributed by atoms with Crippen LogP contribution >= 0.6 is 0 Å². The topological polar surface area (TPSA) is 62.6 Å². The summed E-state index contributed by atoms with van der Waals surface area (Å²) >= 11 is 0. The Hall–Kier alpha value is -2.66. The molecule has 2 aromatic carbocycles. The van der Waals surface area contributed by atoms with Crippen LogP contribution in [0, 0.1) is 13.8 Å². The standard InChI is InChI=1S/C21H27N3O2/c1-15-10-11-18(12-16(15)2)21(26)22-13-20(25)23-19(14-24(3)4)17-8-6-5-7-9-17/h5-12,19H,13-14H2,1-4H3,(H,22,26)(H,23,25)/p+1/t19-/m1/s1. The predicted octanol–water partition coefficient (Wildman–Crippen LogP) is 1.04. The zero-order chi connectivity index (χ0) is 19.1. The number of carbonyl (C=O) groups excluding carboxylic acids is 2. The zero-order valence-electron chi connectivity index (χ0n) is 15.9. The highest BCUT2D eigenvalue weighted by Gasteiger charge is 2.18. The molecule has 138 valence electrons. The normalized spacial score (nSPS) is 11.9. The van der Waals surface area contributed by atoms with E-state index in [-0.39, 0.29) is 24.4 Å². The van der Waals surface area contributed by atoms with Crippen molar-refractivity contribution in [1.29, 1.82) is 0 Å². The number of hydrogen-bond acceptors (Lipinski definition) is 2. The number of aryl methyl sites for hydroxylation is 2. The lowest BCUT2D eigenvalue weighted by Crippen LogP contribution is -3.06. The Labute approximate surface area is 155 Å². The van der Waals surface area contributed by atoms with Crippen LogP contribution in [0.4, 0.5) is 0 Å². The molecule has 0 bridgehead atoms.